The second-order valence-electron chi connectivity index (χ2n) is 6.91. The Kier molecular flexibility index (Phi) is 7.84. The van der Waals surface area contributed by atoms with E-state index in [1.807, 2.05) is 6.07 Å². The summed E-state index contributed by atoms with van der Waals surface area (Å²) >= 11 is 5.71. The van der Waals surface area contributed by atoms with Gasteiger partial charge in [0, 0.05) is 25.9 Å². The van der Waals surface area contributed by atoms with E-state index in [1.54, 1.807) is 31.3 Å². The summed E-state index contributed by atoms with van der Waals surface area (Å²) in [6, 6.07) is 12.3. The second-order valence-corrected chi connectivity index (χ2v) is 9.08. The molecule has 2 aromatic carbocycles. The van der Waals surface area contributed by atoms with Gasteiger partial charge in [-0.05, 0) is 17.7 Å². The van der Waals surface area contributed by atoms with Crippen LogP contribution in [0, 0.1) is 5.82 Å². The fourth-order valence-corrected chi connectivity index (χ4v) is 4.05. The Balaban J connectivity index is 1.60. The summed E-state index contributed by atoms with van der Waals surface area (Å²) in [5, 5.41) is 6.61. The van der Waals surface area contributed by atoms with Crippen LogP contribution in [-0.2, 0) is 21.9 Å². The number of nitrogens with one attached hydrogen (secondary N) is 2. The normalized spacial score (nSPS) is 12.3. The van der Waals surface area contributed by atoms with Crippen molar-refractivity contribution in [2.75, 3.05) is 13.2 Å². The quantitative estimate of drug-likeness (QED) is 0.464. The molecule has 3 aromatic rings. The summed E-state index contributed by atoms with van der Waals surface area (Å²) in [4.78, 5) is 12.5. The molecule has 0 saturated carbocycles. The van der Waals surface area contributed by atoms with E-state index in [4.69, 9.17) is 16.3 Å². The first-order chi connectivity index (χ1) is 15.2. The number of ether oxygens (including phenoxy) is 1. The molecule has 0 aliphatic carbocycles. The zero-order valence-electron chi connectivity index (χ0n) is 17.2. The Bertz CT molecular complexity index is 1170. The van der Waals surface area contributed by atoms with Crippen LogP contribution in [0.25, 0.3) is 0 Å². The lowest BCUT2D eigenvalue weighted by molar-refractivity contribution is -0.122. The number of aryl methyl sites for hydroxylation is 1. The molecule has 8 nitrogen and oxygen atoms in total. The molecular formula is C21H22ClFN4O4S. The number of carbonyl (C=O) groups is 1. The van der Waals surface area contributed by atoms with Crippen molar-refractivity contribution in [3.05, 3.63) is 77.3 Å². The summed E-state index contributed by atoms with van der Waals surface area (Å²) in [6.07, 6.45) is 2.64. The molecule has 1 unspecified atom stereocenters. The topological polar surface area (TPSA) is 102 Å². The minimum Gasteiger partial charge on any atom is -0.493 e. The fraction of sp³-hybridized carbons (Fsp3) is 0.238. The molecule has 1 amide bonds. The molecule has 0 bridgehead atoms. The second kappa shape index (κ2) is 10.6. The number of benzene rings is 2. The highest BCUT2D eigenvalue weighted by molar-refractivity contribution is 7.89. The molecule has 0 aliphatic heterocycles. The molecule has 0 fully saturated rings. The minimum atomic E-state index is -3.79. The Morgan fingerprint density at radius 2 is 2.00 bits per heavy atom. The van der Waals surface area contributed by atoms with Gasteiger partial charge >= 0.3 is 0 Å². The Labute approximate surface area is 190 Å². The summed E-state index contributed by atoms with van der Waals surface area (Å²) in [6.45, 7) is -0.0157. The van der Waals surface area contributed by atoms with Gasteiger partial charge in [0.2, 0.25) is 15.9 Å². The standard InChI is InChI=1S/C21H22ClFN4O4S/c1-27-14-17(12-24-27)32(29,30)25-13-20(15-5-3-2-4-6-15)26-21(28)9-10-31-16-7-8-19(23)18(22)11-16/h2-8,11-12,14,20,25H,9-10,13H2,1H3,(H,26,28). The van der Waals surface area contributed by atoms with Gasteiger partial charge in [-0.1, -0.05) is 41.9 Å². The van der Waals surface area contributed by atoms with E-state index in [2.05, 4.69) is 15.1 Å². The van der Waals surface area contributed by atoms with Gasteiger partial charge in [0.25, 0.3) is 0 Å². The molecule has 2 N–H and O–H groups in total. The van der Waals surface area contributed by atoms with E-state index in [1.165, 1.54) is 35.3 Å². The average Bonchev–Trinajstić information content (AvgIpc) is 3.21. The number of halogens is 2. The van der Waals surface area contributed by atoms with Crippen LogP contribution in [-0.4, -0.2) is 37.3 Å². The third kappa shape index (κ3) is 6.52. The van der Waals surface area contributed by atoms with Crippen LogP contribution in [0.1, 0.15) is 18.0 Å². The maximum Gasteiger partial charge on any atom is 0.243 e. The lowest BCUT2D eigenvalue weighted by Gasteiger charge is -2.20. The first-order valence-corrected chi connectivity index (χ1v) is 11.5. The highest BCUT2D eigenvalue weighted by Crippen LogP contribution is 2.21. The van der Waals surface area contributed by atoms with Crippen LogP contribution in [0.15, 0.2) is 65.8 Å². The highest BCUT2D eigenvalue weighted by Gasteiger charge is 2.21. The average molecular weight is 481 g/mol. The molecule has 32 heavy (non-hydrogen) atoms. The zero-order valence-corrected chi connectivity index (χ0v) is 18.7. The van der Waals surface area contributed by atoms with E-state index in [0.717, 1.165) is 5.56 Å². The van der Waals surface area contributed by atoms with Crippen LogP contribution < -0.4 is 14.8 Å². The number of hydrogen-bond donors (Lipinski definition) is 2. The van der Waals surface area contributed by atoms with E-state index >= 15 is 0 Å². The number of rotatable bonds is 10. The van der Waals surface area contributed by atoms with Gasteiger partial charge < -0.3 is 10.1 Å². The monoisotopic (exact) mass is 480 g/mol. The number of hydrogen-bond acceptors (Lipinski definition) is 5. The highest BCUT2D eigenvalue weighted by atomic mass is 35.5. The molecular weight excluding hydrogens is 459 g/mol. The van der Waals surface area contributed by atoms with Crippen LogP contribution in [0.4, 0.5) is 4.39 Å². The first-order valence-electron chi connectivity index (χ1n) is 9.65. The number of sulfonamides is 1. The van der Waals surface area contributed by atoms with Gasteiger partial charge in [0.05, 0.1) is 30.3 Å². The third-order valence-corrected chi connectivity index (χ3v) is 6.16. The van der Waals surface area contributed by atoms with E-state index in [0.29, 0.717) is 5.75 Å². The van der Waals surface area contributed by atoms with Crippen LogP contribution in [0.2, 0.25) is 5.02 Å². The molecule has 0 spiro atoms. The van der Waals surface area contributed by atoms with Gasteiger partial charge in [-0.3, -0.25) is 9.48 Å². The van der Waals surface area contributed by atoms with Crippen molar-refractivity contribution in [1.29, 1.82) is 0 Å². The fourth-order valence-electron chi connectivity index (χ4n) is 2.85. The van der Waals surface area contributed by atoms with Crippen LogP contribution in [0.5, 0.6) is 5.75 Å². The molecule has 0 saturated heterocycles. The van der Waals surface area contributed by atoms with Crippen molar-refractivity contribution < 1.29 is 22.3 Å². The summed E-state index contributed by atoms with van der Waals surface area (Å²) in [5.41, 5.74) is 0.737. The Hall–Kier alpha value is -2.95. The first kappa shape index (κ1) is 23.7. The molecule has 0 radical (unpaired) electrons. The van der Waals surface area contributed by atoms with E-state index in [-0.39, 0.29) is 35.4 Å². The van der Waals surface area contributed by atoms with Gasteiger partial charge in [-0.15, -0.1) is 0 Å². The third-order valence-electron chi connectivity index (χ3n) is 4.50. The number of carbonyl (C=O) groups excluding carboxylic acids is 1. The minimum absolute atomic E-state index is 0.00762. The van der Waals surface area contributed by atoms with Crippen molar-refractivity contribution in [1.82, 2.24) is 19.8 Å². The van der Waals surface area contributed by atoms with Crippen LogP contribution >= 0.6 is 11.6 Å². The van der Waals surface area contributed by atoms with E-state index < -0.39 is 21.9 Å². The van der Waals surface area contributed by atoms with Crippen molar-refractivity contribution in [3.63, 3.8) is 0 Å². The van der Waals surface area contributed by atoms with Gasteiger partial charge in [-0.25, -0.2) is 17.5 Å². The maximum absolute atomic E-state index is 13.2. The van der Waals surface area contributed by atoms with Crippen molar-refractivity contribution in [2.24, 2.45) is 7.05 Å². The van der Waals surface area contributed by atoms with Crippen molar-refractivity contribution >= 4 is 27.5 Å². The smallest absolute Gasteiger partial charge is 0.243 e. The predicted molar refractivity (Wildman–Crippen MR) is 117 cm³/mol. The predicted octanol–water partition coefficient (Wildman–Crippen LogP) is 2.82. The summed E-state index contributed by atoms with van der Waals surface area (Å²) in [5.74, 6) is -0.558. The Morgan fingerprint density at radius 1 is 1.25 bits per heavy atom. The van der Waals surface area contributed by atoms with Crippen molar-refractivity contribution in [2.45, 2.75) is 17.4 Å². The SMILES string of the molecule is Cn1cc(S(=O)(=O)NCC(NC(=O)CCOc2ccc(F)c(Cl)c2)c2ccccc2)cn1. The lowest BCUT2D eigenvalue weighted by Crippen LogP contribution is -2.38. The molecule has 170 valence electrons. The van der Waals surface area contributed by atoms with Crippen LogP contribution in [0.3, 0.4) is 0 Å². The molecule has 1 aromatic heterocycles. The lowest BCUT2D eigenvalue weighted by atomic mass is 10.1. The molecule has 3 rings (SSSR count). The summed E-state index contributed by atoms with van der Waals surface area (Å²) < 4.78 is 47.6. The molecule has 11 heteroatoms. The zero-order chi connectivity index (χ0) is 23.1. The van der Waals surface area contributed by atoms with Gasteiger partial charge in [-0.2, -0.15) is 5.10 Å². The summed E-state index contributed by atoms with van der Waals surface area (Å²) in [7, 11) is -2.17. The van der Waals surface area contributed by atoms with E-state index in [9.17, 15) is 17.6 Å². The maximum atomic E-state index is 13.2. The van der Waals surface area contributed by atoms with Gasteiger partial charge in [0.15, 0.2) is 0 Å². The molecule has 1 heterocycles. The molecule has 0 aliphatic rings. The van der Waals surface area contributed by atoms with Gasteiger partial charge in [0.1, 0.15) is 16.5 Å². The number of amides is 1. The molecule has 1 atom stereocenters. The Morgan fingerprint density at radius 3 is 2.66 bits per heavy atom. The number of nitrogens with zero attached hydrogens (tertiary/aromatic N) is 2. The number of aromatic nitrogens is 2. The largest absolute Gasteiger partial charge is 0.493 e. The van der Waals surface area contributed by atoms with Crippen molar-refractivity contribution in [3.8, 4) is 5.75 Å².